The Balaban J connectivity index is 2.84. The Bertz CT molecular complexity index is 496. The molecule has 0 radical (unpaired) electrons. The molecule has 4 heteroatoms. The number of nitrogens with one attached hydrogen (secondary N) is 1. The van der Waals surface area contributed by atoms with Crippen molar-refractivity contribution in [2.45, 2.75) is 13.5 Å². The molecule has 0 bridgehead atoms. The second kappa shape index (κ2) is 2.65. The van der Waals surface area contributed by atoms with Gasteiger partial charge in [0.15, 0.2) is 0 Å². The van der Waals surface area contributed by atoms with E-state index in [-0.39, 0.29) is 11.3 Å². The van der Waals surface area contributed by atoms with Crippen LogP contribution in [0.3, 0.4) is 0 Å². The summed E-state index contributed by atoms with van der Waals surface area (Å²) >= 11 is 0. The standard InChI is InChI=1S/C9H10N2O2/c1-2-11-9(13)7-4-3-6(12)5-8(7)10-11/h3-5,10,12H,2H2,1H3. The monoisotopic (exact) mass is 178 g/mol. The maximum Gasteiger partial charge on any atom is 0.274 e. The number of phenolic OH excluding ortho intramolecular Hbond substituents is 1. The summed E-state index contributed by atoms with van der Waals surface area (Å²) in [6, 6.07) is 4.68. The van der Waals surface area contributed by atoms with E-state index < -0.39 is 0 Å². The minimum absolute atomic E-state index is 0.0440. The normalized spacial score (nSPS) is 10.8. The van der Waals surface area contributed by atoms with E-state index >= 15 is 0 Å². The number of nitrogens with zero attached hydrogens (tertiary/aromatic N) is 1. The van der Waals surface area contributed by atoms with E-state index in [9.17, 15) is 9.90 Å². The zero-order valence-corrected chi connectivity index (χ0v) is 7.24. The van der Waals surface area contributed by atoms with Gasteiger partial charge >= 0.3 is 0 Å². The van der Waals surface area contributed by atoms with Crippen molar-refractivity contribution in [3.8, 4) is 5.75 Å². The summed E-state index contributed by atoms with van der Waals surface area (Å²) in [6.07, 6.45) is 0. The molecule has 1 aromatic carbocycles. The fourth-order valence-corrected chi connectivity index (χ4v) is 1.38. The number of aromatic hydroxyl groups is 1. The predicted molar refractivity (Wildman–Crippen MR) is 49.9 cm³/mol. The lowest BCUT2D eigenvalue weighted by Crippen LogP contribution is -2.14. The van der Waals surface area contributed by atoms with Crippen LogP contribution < -0.4 is 5.56 Å². The Morgan fingerprint density at radius 1 is 1.54 bits per heavy atom. The van der Waals surface area contributed by atoms with Crippen LogP contribution in [-0.4, -0.2) is 14.9 Å². The molecule has 0 atom stereocenters. The predicted octanol–water partition coefficient (Wildman–Crippen LogP) is 1.06. The Kier molecular flexibility index (Phi) is 1.62. The number of aryl methyl sites for hydroxylation is 1. The molecule has 0 unspecified atom stereocenters. The fraction of sp³-hybridized carbons (Fsp3) is 0.222. The average Bonchev–Trinajstić information content (AvgIpc) is 2.42. The van der Waals surface area contributed by atoms with E-state index in [2.05, 4.69) is 5.10 Å². The van der Waals surface area contributed by atoms with Crippen molar-refractivity contribution in [2.24, 2.45) is 0 Å². The summed E-state index contributed by atoms with van der Waals surface area (Å²) < 4.78 is 1.50. The summed E-state index contributed by atoms with van der Waals surface area (Å²) in [4.78, 5) is 11.5. The summed E-state index contributed by atoms with van der Waals surface area (Å²) in [6.45, 7) is 2.49. The van der Waals surface area contributed by atoms with Gasteiger partial charge in [-0.3, -0.25) is 14.6 Å². The van der Waals surface area contributed by atoms with E-state index in [4.69, 9.17) is 0 Å². The molecule has 2 rings (SSSR count). The fourth-order valence-electron chi connectivity index (χ4n) is 1.38. The van der Waals surface area contributed by atoms with Crippen molar-refractivity contribution in [2.75, 3.05) is 0 Å². The number of hydrogen-bond acceptors (Lipinski definition) is 2. The number of phenols is 1. The SMILES string of the molecule is CCn1[nH]c2cc(O)ccc2c1=O. The van der Waals surface area contributed by atoms with Crippen LogP contribution in [0, 0.1) is 0 Å². The van der Waals surface area contributed by atoms with Gasteiger partial charge in [0.25, 0.3) is 5.56 Å². The highest BCUT2D eigenvalue weighted by Crippen LogP contribution is 2.14. The summed E-state index contributed by atoms with van der Waals surface area (Å²) in [5.41, 5.74) is 0.629. The zero-order chi connectivity index (χ0) is 9.42. The van der Waals surface area contributed by atoms with Gasteiger partial charge in [0, 0.05) is 12.6 Å². The number of fused-ring (bicyclic) bond motifs is 1. The third-order valence-corrected chi connectivity index (χ3v) is 2.05. The third kappa shape index (κ3) is 1.11. The molecule has 68 valence electrons. The second-order valence-corrected chi connectivity index (χ2v) is 2.89. The van der Waals surface area contributed by atoms with E-state index in [0.29, 0.717) is 17.4 Å². The first-order valence-electron chi connectivity index (χ1n) is 4.14. The van der Waals surface area contributed by atoms with Gasteiger partial charge < -0.3 is 5.11 Å². The lowest BCUT2D eigenvalue weighted by Gasteiger charge is -1.91. The maximum absolute atomic E-state index is 11.5. The quantitative estimate of drug-likeness (QED) is 0.685. The Hall–Kier alpha value is -1.71. The first-order valence-corrected chi connectivity index (χ1v) is 4.14. The number of benzene rings is 1. The Morgan fingerprint density at radius 2 is 2.31 bits per heavy atom. The molecule has 0 amide bonds. The number of aromatic amines is 1. The molecule has 2 aromatic rings. The number of rotatable bonds is 1. The van der Waals surface area contributed by atoms with Gasteiger partial charge in [-0.25, -0.2) is 0 Å². The van der Waals surface area contributed by atoms with Crippen molar-refractivity contribution >= 4 is 10.9 Å². The van der Waals surface area contributed by atoms with Gasteiger partial charge in [0.2, 0.25) is 0 Å². The number of aromatic nitrogens is 2. The molecule has 13 heavy (non-hydrogen) atoms. The van der Waals surface area contributed by atoms with Gasteiger partial charge in [-0.1, -0.05) is 0 Å². The average molecular weight is 178 g/mol. The van der Waals surface area contributed by atoms with Crippen LogP contribution in [0.2, 0.25) is 0 Å². The van der Waals surface area contributed by atoms with Crippen LogP contribution >= 0.6 is 0 Å². The molecule has 1 aromatic heterocycles. The molecule has 0 aliphatic heterocycles. The highest BCUT2D eigenvalue weighted by Gasteiger charge is 2.04. The van der Waals surface area contributed by atoms with Crippen LogP contribution in [0.25, 0.3) is 10.9 Å². The zero-order valence-electron chi connectivity index (χ0n) is 7.24. The summed E-state index contributed by atoms with van der Waals surface area (Å²) in [5.74, 6) is 0.164. The molecular weight excluding hydrogens is 168 g/mol. The lowest BCUT2D eigenvalue weighted by molar-refractivity contribution is 0.476. The van der Waals surface area contributed by atoms with Crippen molar-refractivity contribution in [1.29, 1.82) is 0 Å². The molecule has 0 saturated heterocycles. The van der Waals surface area contributed by atoms with Crippen molar-refractivity contribution in [3.05, 3.63) is 28.6 Å². The molecule has 0 aliphatic carbocycles. The molecule has 0 saturated carbocycles. The first-order chi connectivity index (χ1) is 6.22. The van der Waals surface area contributed by atoms with Crippen LogP contribution in [0.4, 0.5) is 0 Å². The second-order valence-electron chi connectivity index (χ2n) is 2.89. The number of hydrogen-bond donors (Lipinski definition) is 2. The Morgan fingerprint density at radius 3 is 3.00 bits per heavy atom. The van der Waals surface area contributed by atoms with Crippen LogP contribution in [0.5, 0.6) is 5.75 Å². The van der Waals surface area contributed by atoms with Gasteiger partial charge in [0.05, 0.1) is 10.9 Å². The Labute approximate surface area is 74.4 Å². The van der Waals surface area contributed by atoms with Crippen molar-refractivity contribution < 1.29 is 5.11 Å². The van der Waals surface area contributed by atoms with Gasteiger partial charge in [-0.05, 0) is 19.1 Å². The highest BCUT2D eigenvalue weighted by molar-refractivity contribution is 5.79. The largest absolute Gasteiger partial charge is 0.508 e. The molecule has 0 aliphatic rings. The minimum Gasteiger partial charge on any atom is -0.508 e. The summed E-state index contributed by atoms with van der Waals surface area (Å²) in [7, 11) is 0. The third-order valence-electron chi connectivity index (χ3n) is 2.05. The molecule has 2 N–H and O–H groups in total. The molecule has 1 heterocycles. The molecule has 0 spiro atoms. The van der Waals surface area contributed by atoms with Crippen LogP contribution in [0.1, 0.15) is 6.92 Å². The minimum atomic E-state index is -0.0440. The molecular formula is C9H10N2O2. The maximum atomic E-state index is 11.5. The van der Waals surface area contributed by atoms with E-state index in [1.54, 1.807) is 12.1 Å². The van der Waals surface area contributed by atoms with E-state index in [1.165, 1.54) is 10.7 Å². The number of H-pyrrole nitrogens is 1. The topological polar surface area (TPSA) is 58.0 Å². The lowest BCUT2D eigenvalue weighted by atomic mass is 10.2. The van der Waals surface area contributed by atoms with Crippen molar-refractivity contribution in [1.82, 2.24) is 9.78 Å². The van der Waals surface area contributed by atoms with E-state index in [0.717, 1.165) is 0 Å². The smallest absolute Gasteiger partial charge is 0.274 e. The van der Waals surface area contributed by atoms with Crippen LogP contribution in [-0.2, 0) is 6.54 Å². The van der Waals surface area contributed by atoms with Crippen molar-refractivity contribution in [3.63, 3.8) is 0 Å². The van der Waals surface area contributed by atoms with Crippen LogP contribution in [0.15, 0.2) is 23.0 Å². The highest BCUT2D eigenvalue weighted by atomic mass is 16.3. The van der Waals surface area contributed by atoms with Gasteiger partial charge in [-0.15, -0.1) is 0 Å². The first kappa shape index (κ1) is 7.91. The van der Waals surface area contributed by atoms with E-state index in [1.807, 2.05) is 6.92 Å². The van der Waals surface area contributed by atoms with Gasteiger partial charge in [-0.2, -0.15) is 0 Å². The molecule has 4 nitrogen and oxygen atoms in total. The molecule has 0 fully saturated rings. The van der Waals surface area contributed by atoms with Gasteiger partial charge in [0.1, 0.15) is 5.75 Å². The summed E-state index contributed by atoms with van der Waals surface area (Å²) in [5, 5.41) is 12.7.